The van der Waals surface area contributed by atoms with E-state index in [0.717, 1.165) is 13.0 Å². The fourth-order valence-corrected chi connectivity index (χ4v) is 1.05. The summed E-state index contributed by atoms with van der Waals surface area (Å²) in [5, 5.41) is 0. The van der Waals surface area contributed by atoms with Crippen LogP contribution in [0.3, 0.4) is 0 Å². The highest BCUT2D eigenvalue weighted by molar-refractivity contribution is 4.63. The largest absolute Gasteiger partial charge is 0.376 e. The Morgan fingerprint density at radius 3 is 1.05 bits per heavy atom. The quantitative estimate of drug-likeness (QED) is 0.612. The molecule has 0 fully saturated rings. The standard InChI is InChI=1S/C10H22O.C9H20O2/c1-9(2,3)7-8-11-10(4,5)6;1-8(2,3)10-7-11-9(4,5)6/h7-8H2,1-6H3;7H2,1-6H3. The van der Waals surface area contributed by atoms with Crippen LogP contribution in [0.5, 0.6) is 0 Å². The third kappa shape index (κ3) is 28.1. The minimum atomic E-state index is -0.106. The Morgan fingerprint density at radius 2 is 0.818 bits per heavy atom. The Kier molecular flexibility index (Phi) is 10.1. The zero-order valence-corrected chi connectivity index (χ0v) is 17.3. The third-order valence-electron chi connectivity index (χ3n) is 2.37. The van der Waals surface area contributed by atoms with Crippen LogP contribution in [-0.2, 0) is 14.2 Å². The Morgan fingerprint density at radius 1 is 0.500 bits per heavy atom. The highest BCUT2D eigenvalue weighted by atomic mass is 16.7. The second kappa shape index (κ2) is 9.24. The summed E-state index contributed by atoms with van der Waals surface area (Å²) in [5.74, 6) is 0. The monoisotopic (exact) mass is 318 g/mol. The lowest BCUT2D eigenvalue weighted by Crippen LogP contribution is -2.26. The van der Waals surface area contributed by atoms with Crippen LogP contribution in [0, 0.1) is 5.41 Å². The Bertz CT molecular complexity index is 211. The van der Waals surface area contributed by atoms with Crippen molar-refractivity contribution in [2.24, 2.45) is 5.41 Å². The lowest BCUT2D eigenvalue weighted by atomic mass is 9.93. The minimum absolute atomic E-state index is 0.0191. The predicted octanol–water partition coefficient (Wildman–Crippen LogP) is 5.81. The molecule has 0 rings (SSSR count). The van der Waals surface area contributed by atoms with Gasteiger partial charge in [0.2, 0.25) is 0 Å². The summed E-state index contributed by atoms with van der Waals surface area (Å²) in [6.07, 6.45) is 1.13. The highest BCUT2D eigenvalue weighted by Crippen LogP contribution is 2.19. The molecule has 0 aliphatic rings. The molecule has 0 unspecified atom stereocenters. The van der Waals surface area contributed by atoms with Gasteiger partial charge in [-0.15, -0.1) is 0 Å². The number of hydrogen-bond acceptors (Lipinski definition) is 3. The molecule has 0 spiro atoms. The van der Waals surface area contributed by atoms with Crippen molar-refractivity contribution >= 4 is 0 Å². The summed E-state index contributed by atoms with van der Waals surface area (Å²) in [7, 11) is 0. The molecule has 136 valence electrons. The van der Waals surface area contributed by atoms with Crippen molar-refractivity contribution in [1.29, 1.82) is 0 Å². The van der Waals surface area contributed by atoms with E-state index in [-0.39, 0.29) is 16.8 Å². The molecule has 3 heteroatoms. The Hall–Kier alpha value is -0.120. The summed E-state index contributed by atoms with van der Waals surface area (Å²) in [6.45, 7) is 26.3. The van der Waals surface area contributed by atoms with Crippen molar-refractivity contribution < 1.29 is 14.2 Å². The maximum absolute atomic E-state index is 5.61. The third-order valence-corrected chi connectivity index (χ3v) is 2.37. The molecule has 3 nitrogen and oxygen atoms in total. The van der Waals surface area contributed by atoms with Gasteiger partial charge in [0.15, 0.2) is 0 Å². The molecular formula is C19H42O3. The number of rotatable bonds is 4. The van der Waals surface area contributed by atoms with Crippen molar-refractivity contribution in [3.63, 3.8) is 0 Å². The van der Waals surface area contributed by atoms with Gasteiger partial charge in [-0.25, -0.2) is 0 Å². The molecule has 0 aliphatic carbocycles. The number of hydrogen-bond donors (Lipinski definition) is 0. The van der Waals surface area contributed by atoms with Gasteiger partial charge in [0, 0.05) is 6.61 Å². The SMILES string of the molecule is CC(C)(C)CCOC(C)(C)C.CC(C)(C)OCOC(C)(C)C. The van der Waals surface area contributed by atoms with Gasteiger partial charge in [0.25, 0.3) is 0 Å². The van der Waals surface area contributed by atoms with E-state index in [1.165, 1.54) is 0 Å². The second-order valence-corrected chi connectivity index (χ2v) is 9.90. The van der Waals surface area contributed by atoms with Crippen LogP contribution in [0.4, 0.5) is 0 Å². The van der Waals surface area contributed by atoms with E-state index in [1.807, 2.05) is 41.5 Å². The molecule has 0 bridgehead atoms. The highest BCUT2D eigenvalue weighted by Gasteiger charge is 2.15. The van der Waals surface area contributed by atoms with Crippen molar-refractivity contribution in [2.75, 3.05) is 13.4 Å². The average molecular weight is 319 g/mol. The van der Waals surface area contributed by atoms with E-state index in [0.29, 0.717) is 12.2 Å². The van der Waals surface area contributed by atoms with E-state index in [2.05, 4.69) is 41.5 Å². The normalized spacial score (nSPS) is 13.6. The first-order valence-corrected chi connectivity index (χ1v) is 8.33. The van der Waals surface area contributed by atoms with Crippen molar-refractivity contribution in [1.82, 2.24) is 0 Å². The molecule has 0 heterocycles. The van der Waals surface area contributed by atoms with E-state index in [9.17, 15) is 0 Å². The topological polar surface area (TPSA) is 27.7 Å². The fourth-order valence-electron chi connectivity index (χ4n) is 1.05. The van der Waals surface area contributed by atoms with E-state index in [1.54, 1.807) is 0 Å². The summed E-state index contributed by atoms with van der Waals surface area (Å²) >= 11 is 0. The van der Waals surface area contributed by atoms with Crippen LogP contribution in [0.2, 0.25) is 0 Å². The zero-order chi connectivity index (χ0) is 18.2. The van der Waals surface area contributed by atoms with Crippen molar-refractivity contribution in [3.05, 3.63) is 0 Å². The first kappa shape index (κ1) is 24.1. The van der Waals surface area contributed by atoms with Crippen molar-refractivity contribution in [2.45, 2.75) is 106 Å². The lowest BCUT2D eigenvalue weighted by molar-refractivity contribution is -0.163. The summed E-state index contributed by atoms with van der Waals surface area (Å²) in [5.41, 5.74) is 0.201. The molecule has 0 atom stereocenters. The van der Waals surface area contributed by atoms with Crippen LogP contribution < -0.4 is 0 Å². The van der Waals surface area contributed by atoms with Crippen LogP contribution >= 0.6 is 0 Å². The Labute approximate surface area is 140 Å². The van der Waals surface area contributed by atoms with Crippen LogP contribution in [0.1, 0.15) is 89.5 Å². The first-order valence-electron chi connectivity index (χ1n) is 8.33. The Balaban J connectivity index is 0. The zero-order valence-electron chi connectivity index (χ0n) is 17.3. The number of ether oxygens (including phenoxy) is 3. The summed E-state index contributed by atoms with van der Waals surface area (Å²) < 4.78 is 16.4. The average Bonchev–Trinajstić information content (AvgIpc) is 2.08. The van der Waals surface area contributed by atoms with Crippen LogP contribution in [0.25, 0.3) is 0 Å². The maximum Gasteiger partial charge on any atom is 0.148 e. The van der Waals surface area contributed by atoms with Gasteiger partial charge in [-0.05, 0) is 74.1 Å². The molecule has 22 heavy (non-hydrogen) atoms. The minimum Gasteiger partial charge on any atom is -0.376 e. The van der Waals surface area contributed by atoms with Gasteiger partial charge in [0.1, 0.15) is 6.79 Å². The fraction of sp³-hybridized carbons (Fsp3) is 1.00. The van der Waals surface area contributed by atoms with Gasteiger partial charge in [0.05, 0.1) is 16.8 Å². The van der Waals surface area contributed by atoms with E-state index in [4.69, 9.17) is 14.2 Å². The van der Waals surface area contributed by atoms with Crippen LogP contribution in [0.15, 0.2) is 0 Å². The molecule has 0 saturated heterocycles. The molecule has 0 aromatic rings. The lowest BCUT2D eigenvalue weighted by Gasteiger charge is -2.24. The van der Waals surface area contributed by atoms with E-state index < -0.39 is 0 Å². The molecule has 0 radical (unpaired) electrons. The predicted molar refractivity (Wildman–Crippen MR) is 96.3 cm³/mol. The first-order chi connectivity index (χ1) is 9.41. The second-order valence-electron chi connectivity index (χ2n) is 9.90. The van der Waals surface area contributed by atoms with Gasteiger partial charge in [-0.2, -0.15) is 0 Å². The van der Waals surface area contributed by atoms with Crippen molar-refractivity contribution in [3.8, 4) is 0 Å². The van der Waals surface area contributed by atoms with Gasteiger partial charge >= 0.3 is 0 Å². The molecule has 0 aromatic carbocycles. The molecule has 0 aromatic heterocycles. The molecule has 0 N–H and O–H groups in total. The molecular weight excluding hydrogens is 276 g/mol. The molecule has 0 saturated carbocycles. The summed E-state index contributed by atoms with van der Waals surface area (Å²) in [6, 6.07) is 0. The van der Waals surface area contributed by atoms with Gasteiger partial charge in [-0.1, -0.05) is 20.8 Å². The summed E-state index contributed by atoms with van der Waals surface area (Å²) in [4.78, 5) is 0. The van der Waals surface area contributed by atoms with Gasteiger partial charge in [-0.3, -0.25) is 0 Å². The van der Waals surface area contributed by atoms with Gasteiger partial charge < -0.3 is 14.2 Å². The maximum atomic E-state index is 5.61. The smallest absolute Gasteiger partial charge is 0.148 e. The molecule has 0 amide bonds. The molecule has 0 aliphatic heterocycles. The van der Waals surface area contributed by atoms with E-state index >= 15 is 0 Å². The van der Waals surface area contributed by atoms with Crippen LogP contribution in [-0.4, -0.2) is 30.2 Å².